The first kappa shape index (κ1) is 36.0. The summed E-state index contributed by atoms with van der Waals surface area (Å²) in [6, 6.07) is 9.85. The van der Waals surface area contributed by atoms with E-state index < -0.39 is 71.0 Å². The molecule has 262 valence electrons. The first-order valence-electron chi connectivity index (χ1n) is 15.3. The van der Waals surface area contributed by atoms with Crippen molar-refractivity contribution in [3.63, 3.8) is 0 Å². The van der Waals surface area contributed by atoms with Gasteiger partial charge in [0, 0.05) is 24.3 Å². The number of Topliss-reactive ketones (excluding diaryl/α,β-unsaturated/α-hetero) is 2. The summed E-state index contributed by atoms with van der Waals surface area (Å²) in [6.07, 6.45) is 0.803. The summed E-state index contributed by atoms with van der Waals surface area (Å²) in [6.45, 7) is 5.14. The molecule has 1 aliphatic carbocycles. The highest BCUT2D eigenvalue weighted by molar-refractivity contribution is 7.92. The van der Waals surface area contributed by atoms with E-state index in [1.54, 1.807) is 24.1 Å². The van der Waals surface area contributed by atoms with E-state index in [1.807, 2.05) is 13.8 Å². The van der Waals surface area contributed by atoms with E-state index in [0.717, 1.165) is 12.3 Å². The van der Waals surface area contributed by atoms with Gasteiger partial charge in [-0.3, -0.25) is 14.3 Å². The fourth-order valence-corrected chi connectivity index (χ4v) is 9.16. The van der Waals surface area contributed by atoms with E-state index in [-0.39, 0.29) is 46.3 Å². The number of fused-ring (bicyclic) bond motifs is 2. The van der Waals surface area contributed by atoms with Crippen molar-refractivity contribution in [1.82, 2.24) is 9.62 Å². The number of amidine groups is 1. The molecule has 0 amide bonds. The zero-order valence-corrected chi connectivity index (χ0v) is 29.4. The number of benzene rings is 2. The third-order valence-electron chi connectivity index (χ3n) is 8.23. The molecule has 2 heterocycles. The van der Waals surface area contributed by atoms with Crippen molar-refractivity contribution in [3.05, 3.63) is 53.6 Å². The summed E-state index contributed by atoms with van der Waals surface area (Å²) in [5, 5.41) is 2.79. The Kier molecular flexibility index (Phi) is 10.2. The molecule has 2 aromatic carbocycles. The SMILES string of the molecule is CC(C)CCC1(NS(=O)(=O)CCN(C)CC2OCCO2)C(=O)C(C2=NS(=O)(=O)c3cc(NS(C)(=O)=O)ccc3N2)C(=O)c2ccccc21. The van der Waals surface area contributed by atoms with Crippen molar-refractivity contribution >= 4 is 58.8 Å². The van der Waals surface area contributed by atoms with Crippen molar-refractivity contribution in [3.8, 4) is 0 Å². The minimum absolute atomic E-state index is 0.0136. The Hall–Kier alpha value is -3.26. The zero-order valence-electron chi connectivity index (χ0n) is 26.9. The molecule has 18 heteroatoms. The van der Waals surface area contributed by atoms with Crippen LogP contribution in [0.4, 0.5) is 11.4 Å². The Bertz CT molecular complexity index is 1960. The zero-order chi connectivity index (χ0) is 35.1. The number of nitrogens with one attached hydrogen (secondary N) is 3. The van der Waals surface area contributed by atoms with Crippen LogP contribution < -0.4 is 14.8 Å². The van der Waals surface area contributed by atoms with Crippen LogP contribution in [0.5, 0.6) is 0 Å². The van der Waals surface area contributed by atoms with Gasteiger partial charge in [0.15, 0.2) is 17.9 Å². The first-order valence-corrected chi connectivity index (χ1v) is 20.2. The summed E-state index contributed by atoms with van der Waals surface area (Å²) in [5.74, 6) is -4.25. The maximum Gasteiger partial charge on any atom is 0.286 e. The fraction of sp³-hybridized carbons (Fsp3) is 0.500. The van der Waals surface area contributed by atoms with Gasteiger partial charge in [0.25, 0.3) is 10.0 Å². The molecule has 15 nitrogen and oxygen atoms in total. The van der Waals surface area contributed by atoms with Crippen LogP contribution in [0.2, 0.25) is 0 Å². The average molecular weight is 726 g/mol. The number of likely N-dealkylation sites (N-methyl/N-ethyl adjacent to an activating group) is 1. The third-order valence-corrected chi connectivity index (χ3v) is 11.6. The fourth-order valence-electron chi connectivity index (χ4n) is 5.92. The van der Waals surface area contributed by atoms with Gasteiger partial charge >= 0.3 is 0 Å². The van der Waals surface area contributed by atoms with Crippen LogP contribution in [0.3, 0.4) is 0 Å². The smallest absolute Gasteiger partial charge is 0.286 e. The highest BCUT2D eigenvalue weighted by Gasteiger charge is 2.55. The summed E-state index contributed by atoms with van der Waals surface area (Å²) in [4.78, 5) is 30.1. The number of ether oxygens (including phenoxy) is 2. The molecule has 0 aromatic heterocycles. The number of hydrogen-bond donors (Lipinski definition) is 3. The second kappa shape index (κ2) is 13.6. The molecule has 5 rings (SSSR count). The van der Waals surface area contributed by atoms with Gasteiger partial charge in [0.05, 0.1) is 30.9 Å². The topological polar surface area (TPSA) is 207 Å². The lowest BCUT2D eigenvalue weighted by Gasteiger charge is -2.41. The summed E-state index contributed by atoms with van der Waals surface area (Å²) in [7, 11) is -10.8. The number of carbonyl (C=O) groups is 2. The van der Waals surface area contributed by atoms with Crippen LogP contribution in [-0.2, 0) is 49.9 Å². The normalized spacial score (nSPS) is 22.7. The van der Waals surface area contributed by atoms with Crippen molar-refractivity contribution < 1.29 is 44.3 Å². The van der Waals surface area contributed by atoms with Crippen LogP contribution in [0.25, 0.3) is 0 Å². The van der Waals surface area contributed by atoms with Gasteiger partial charge in [-0.2, -0.15) is 13.1 Å². The van der Waals surface area contributed by atoms with Gasteiger partial charge in [-0.25, -0.2) is 16.8 Å². The molecule has 0 saturated carbocycles. The molecule has 2 aliphatic heterocycles. The molecule has 2 aromatic rings. The van der Waals surface area contributed by atoms with Crippen molar-refractivity contribution in [1.29, 1.82) is 0 Å². The number of hydrogen-bond acceptors (Lipinski definition) is 12. The van der Waals surface area contributed by atoms with Gasteiger partial charge in [-0.15, -0.1) is 4.40 Å². The third kappa shape index (κ3) is 7.79. The Balaban J connectivity index is 1.53. The second-order valence-corrected chi connectivity index (χ2v) is 17.7. The molecule has 1 fully saturated rings. The van der Waals surface area contributed by atoms with E-state index in [9.17, 15) is 34.8 Å². The number of sulfonamides is 3. The summed E-state index contributed by atoms with van der Waals surface area (Å²) in [5.41, 5.74) is -1.76. The predicted octanol–water partition coefficient (Wildman–Crippen LogP) is 1.51. The molecule has 48 heavy (non-hydrogen) atoms. The van der Waals surface area contributed by atoms with E-state index in [0.29, 0.717) is 26.2 Å². The number of carbonyl (C=O) groups excluding carboxylic acids is 2. The van der Waals surface area contributed by atoms with Crippen LogP contribution in [0, 0.1) is 11.8 Å². The molecule has 2 unspecified atom stereocenters. The molecule has 0 spiro atoms. The van der Waals surface area contributed by atoms with Gasteiger partial charge in [-0.05, 0) is 49.6 Å². The quantitative estimate of drug-likeness (QED) is 0.251. The van der Waals surface area contributed by atoms with Crippen molar-refractivity contribution in [2.75, 3.05) is 55.4 Å². The maximum atomic E-state index is 14.7. The Morgan fingerprint density at radius 1 is 1.08 bits per heavy atom. The second-order valence-electron chi connectivity index (χ2n) is 12.6. The molecule has 2 atom stereocenters. The maximum absolute atomic E-state index is 14.7. The molecule has 3 N–H and O–H groups in total. The summed E-state index contributed by atoms with van der Waals surface area (Å²) >= 11 is 0. The largest absolute Gasteiger partial charge is 0.349 e. The lowest BCUT2D eigenvalue weighted by Crippen LogP contribution is -2.61. The Morgan fingerprint density at radius 3 is 2.44 bits per heavy atom. The standard InChI is InChI=1S/C30H39N5O10S3/c1-19(2)11-12-30(34-47(40,41)16-13-35(3)18-25-44-14-15-45-25)22-8-6-5-7-21(22)27(36)26(28(30)37)29-31-23-10-9-20(32-46(4,38)39)17-24(23)48(42,43)33-29/h5-10,17,19,25-26,32,34H,11-16,18H2,1-4H3,(H,31,33). The van der Waals surface area contributed by atoms with E-state index >= 15 is 0 Å². The van der Waals surface area contributed by atoms with Crippen molar-refractivity contribution in [2.45, 2.75) is 43.4 Å². The lowest BCUT2D eigenvalue weighted by atomic mass is 9.67. The Labute approximate surface area is 280 Å². The molecular weight excluding hydrogens is 687 g/mol. The predicted molar refractivity (Wildman–Crippen MR) is 178 cm³/mol. The number of nitrogens with zero attached hydrogens (tertiary/aromatic N) is 2. The van der Waals surface area contributed by atoms with E-state index in [2.05, 4.69) is 19.2 Å². The van der Waals surface area contributed by atoms with Gasteiger partial charge in [0.2, 0.25) is 20.0 Å². The highest BCUT2D eigenvalue weighted by Crippen LogP contribution is 2.42. The van der Waals surface area contributed by atoms with Crippen molar-refractivity contribution in [2.24, 2.45) is 16.2 Å². The van der Waals surface area contributed by atoms with Crippen LogP contribution in [-0.4, -0.2) is 99.2 Å². The number of anilines is 2. The van der Waals surface area contributed by atoms with Gasteiger partial charge in [0.1, 0.15) is 22.2 Å². The van der Waals surface area contributed by atoms with Gasteiger partial charge in [-0.1, -0.05) is 38.1 Å². The highest BCUT2D eigenvalue weighted by atomic mass is 32.2. The monoisotopic (exact) mass is 725 g/mol. The van der Waals surface area contributed by atoms with Crippen LogP contribution in [0.15, 0.2) is 51.8 Å². The van der Waals surface area contributed by atoms with Crippen LogP contribution in [0.1, 0.15) is 42.6 Å². The minimum atomic E-state index is -4.55. The van der Waals surface area contributed by atoms with E-state index in [1.165, 1.54) is 24.3 Å². The molecule has 3 aliphatic rings. The molecular formula is C30H39N5O10S3. The minimum Gasteiger partial charge on any atom is -0.349 e. The van der Waals surface area contributed by atoms with E-state index in [4.69, 9.17) is 9.47 Å². The summed E-state index contributed by atoms with van der Waals surface area (Å²) < 4.78 is 97.4. The first-order chi connectivity index (χ1) is 22.4. The average Bonchev–Trinajstić information content (AvgIpc) is 3.50. The molecule has 1 saturated heterocycles. The number of ketones is 2. The Morgan fingerprint density at radius 2 is 1.77 bits per heavy atom. The number of rotatable bonds is 13. The van der Waals surface area contributed by atoms with Gasteiger partial charge < -0.3 is 19.7 Å². The lowest BCUT2D eigenvalue weighted by molar-refractivity contribution is -0.127. The molecule has 0 radical (unpaired) electrons. The molecule has 0 bridgehead atoms. The van der Waals surface area contributed by atoms with Crippen LogP contribution >= 0.6 is 0 Å².